The highest BCUT2D eigenvalue weighted by atomic mass is 16.2. The molecule has 4 rings (SSSR count). The Balaban J connectivity index is 1.55. The molecule has 0 saturated heterocycles. The summed E-state index contributed by atoms with van der Waals surface area (Å²) in [6, 6.07) is 7.48. The van der Waals surface area contributed by atoms with Gasteiger partial charge in [0.1, 0.15) is 0 Å². The molecule has 0 aliphatic carbocycles. The van der Waals surface area contributed by atoms with Crippen LogP contribution in [0.2, 0.25) is 0 Å². The van der Waals surface area contributed by atoms with Crippen LogP contribution in [-0.2, 0) is 19.6 Å². The summed E-state index contributed by atoms with van der Waals surface area (Å²) >= 11 is 0. The molecule has 0 spiro atoms. The van der Waals surface area contributed by atoms with Crippen LogP contribution < -0.4 is 0 Å². The highest BCUT2D eigenvalue weighted by Gasteiger charge is 2.23. The van der Waals surface area contributed by atoms with Crippen LogP contribution in [0.25, 0.3) is 0 Å². The fourth-order valence-corrected chi connectivity index (χ4v) is 3.02. The first-order chi connectivity index (χ1) is 11.8. The average Bonchev–Trinajstić information content (AvgIpc) is 3.20. The summed E-state index contributed by atoms with van der Waals surface area (Å²) in [7, 11) is 0. The predicted molar refractivity (Wildman–Crippen MR) is 87.2 cm³/mol. The molecule has 1 aliphatic rings. The number of fused-ring (bicyclic) bond motifs is 1. The molecule has 4 heterocycles. The Labute approximate surface area is 139 Å². The molecule has 1 amide bonds. The molecule has 3 aromatic heterocycles. The van der Waals surface area contributed by atoms with Gasteiger partial charge in [-0.2, -0.15) is 0 Å². The van der Waals surface area contributed by atoms with Crippen LogP contribution in [0.3, 0.4) is 0 Å². The SMILES string of the molecule is O=C(c1ccncc1)N1CCCn2c(nnc2Cn2cccc2)C1. The van der Waals surface area contributed by atoms with Gasteiger partial charge in [0.25, 0.3) is 5.91 Å². The molecule has 0 radical (unpaired) electrons. The van der Waals surface area contributed by atoms with Gasteiger partial charge in [0, 0.05) is 43.4 Å². The molecular weight excluding hydrogens is 304 g/mol. The lowest BCUT2D eigenvalue weighted by Gasteiger charge is -2.19. The lowest BCUT2D eigenvalue weighted by atomic mass is 10.2. The van der Waals surface area contributed by atoms with Crippen molar-refractivity contribution in [2.45, 2.75) is 26.1 Å². The Morgan fingerprint density at radius 3 is 2.67 bits per heavy atom. The summed E-state index contributed by atoms with van der Waals surface area (Å²) in [5.41, 5.74) is 0.658. The highest BCUT2D eigenvalue weighted by molar-refractivity contribution is 5.94. The molecule has 0 fully saturated rings. The second-order valence-corrected chi connectivity index (χ2v) is 5.86. The Hall–Kier alpha value is -2.96. The molecule has 3 aromatic rings. The van der Waals surface area contributed by atoms with Gasteiger partial charge in [0.15, 0.2) is 11.6 Å². The van der Waals surface area contributed by atoms with Crippen molar-refractivity contribution in [3.63, 3.8) is 0 Å². The van der Waals surface area contributed by atoms with E-state index in [1.807, 2.05) is 29.4 Å². The Bertz CT molecular complexity index is 824. The lowest BCUT2D eigenvalue weighted by Crippen LogP contribution is -2.31. The summed E-state index contributed by atoms with van der Waals surface area (Å²) in [4.78, 5) is 18.5. The number of pyridine rings is 1. The summed E-state index contributed by atoms with van der Waals surface area (Å²) in [5, 5.41) is 8.64. The van der Waals surface area contributed by atoms with E-state index < -0.39 is 0 Å². The molecule has 1 aliphatic heterocycles. The van der Waals surface area contributed by atoms with Gasteiger partial charge in [-0.1, -0.05) is 0 Å². The van der Waals surface area contributed by atoms with E-state index in [-0.39, 0.29) is 5.91 Å². The number of carbonyl (C=O) groups excluding carboxylic acids is 1. The van der Waals surface area contributed by atoms with Gasteiger partial charge < -0.3 is 14.0 Å². The van der Waals surface area contributed by atoms with Gasteiger partial charge in [-0.3, -0.25) is 9.78 Å². The number of carbonyl (C=O) groups is 1. The van der Waals surface area contributed by atoms with Gasteiger partial charge >= 0.3 is 0 Å². The summed E-state index contributed by atoms with van der Waals surface area (Å²) in [6.07, 6.45) is 8.20. The van der Waals surface area contributed by atoms with E-state index in [1.54, 1.807) is 24.5 Å². The van der Waals surface area contributed by atoms with Crippen LogP contribution in [0.5, 0.6) is 0 Å². The largest absolute Gasteiger partial charge is 0.347 e. The molecule has 0 atom stereocenters. The summed E-state index contributed by atoms with van der Waals surface area (Å²) < 4.78 is 4.21. The maximum atomic E-state index is 12.7. The van der Waals surface area contributed by atoms with Crippen LogP contribution >= 0.6 is 0 Å². The van der Waals surface area contributed by atoms with Gasteiger partial charge in [0.2, 0.25) is 0 Å². The minimum absolute atomic E-state index is 0.0146. The third-order valence-electron chi connectivity index (χ3n) is 4.25. The highest BCUT2D eigenvalue weighted by Crippen LogP contribution is 2.16. The first-order valence-corrected chi connectivity index (χ1v) is 8.02. The second-order valence-electron chi connectivity index (χ2n) is 5.86. The first kappa shape index (κ1) is 14.6. The van der Waals surface area contributed by atoms with Crippen molar-refractivity contribution in [1.82, 2.24) is 29.2 Å². The van der Waals surface area contributed by atoms with Gasteiger partial charge in [-0.25, -0.2) is 0 Å². The smallest absolute Gasteiger partial charge is 0.254 e. The first-order valence-electron chi connectivity index (χ1n) is 8.02. The van der Waals surface area contributed by atoms with E-state index in [0.717, 1.165) is 24.6 Å². The average molecular weight is 322 g/mol. The Morgan fingerprint density at radius 1 is 1.08 bits per heavy atom. The molecule has 0 aromatic carbocycles. The molecule has 24 heavy (non-hydrogen) atoms. The van der Waals surface area contributed by atoms with Gasteiger partial charge in [-0.05, 0) is 30.7 Å². The Kier molecular flexibility index (Phi) is 3.82. The summed E-state index contributed by atoms with van der Waals surface area (Å²) in [6.45, 7) is 2.73. The molecule has 7 heteroatoms. The van der Waals surface area contributed by atoms with Crippen molar-refractivity contribution >= 4 is 5.91 Å². The number of amides is 1. The molecule has 0 N–H and O–H groups in total. The van der Waals surface area contributed by atoms with Crippen molar-refractivity contribution in [2.24, 2.45) is 0 Å². The number of nitrogens with zero attached hydrogens (tertiary/aromatic N) is 6. The zero-order valence-electron chi connectivity index (χ0n) is 13.2. The van der Waals surface area contributed by atoms with E-state index in [2.05, 4.69) is 24.3 Å². The van der Waals surface area contributed by atoms with E-state index >= 15 is 0 Å². The fraction of sp³-hybridized carbons (Fsp3) is 0.294. The number of hydrogen-bond donors (Lipinski definition) is 0. The molecular formula is C17H18N6O. The van der Waals surface area contributed by atoms with E-state index in [4.69, 9.17) is 0 Å². The normalized spacial score (nSPS) is 14.2. The van der Waals surface area contributed by atoms with Crippen molar-refractivity contribution in [3.05, 3.63) is 66.3 Å². The van der Waals surface area contributed by atoms with E-state index in [9.17, 15) is 4.79 Å². The lowest BCUT2D eigenvalue weighted by molar-refractivity contribution is 0.0743. The summed E-state index contributed by atoms with van der Waals surface area (Å²) in [5.74, 6) is 1.79. The molecule has 7 nitrogen and oxygen atoms in total. The van der Waals surface area contributed by atoms with Crippen LogP contribution in [0.4, 0.5) is 0 Å². The Morgan fingerprint density at radius 2 is 1.88 bits per heavy atom. The monoisotopic (exact) mass is 322 g/mol. The van der Waals surface area contributed by atoms with Crippen molar-refractivity contribution in [1.29, 1.82) is 0 Å². The number of aromatic nitrogens is 5. The minimum Gasteiger partial charge on any atom is -0.347 e. The standard InChI is InChI=1S/C17H18N6O/c24-17(14-4-6-18-7-5-14)22-10-3-11-23-15(19-20-16(23)13-22)12-21-8-1-2-9-21/h1-2,4-9H,3,10-13H2. The minimum atomic E-state index is 0.0146. The van der Waals surface area contributed by atoms with Crippen LogP contribution in [0.1, 0.15) is 28.4 Å². The van der Waals surface area contributed by atoms with Crippen molar-refractivity contribution in [3.8, 4) is 0 Å². The maximum absolute atomic E-state index is 12.7. The maximum Gasteiger partial charge on any atom is 0.254 e. The van der Waals surface area contributed by atoms with Crippen molar-refractivity contribution < 1.29 is 4.79 Å². The van der Waals surface area contributed by atoms with E-state index in [1.165, 1.54) is 0 Å². The number of rotatable bonds is 3. The topological polar surface area (TPSA) is 68.8 Å². The predicted octanol–water partition coefficient (Wildman–Crippen LogP) is 1.57. The van der Waals surface area contributed by atoms with Gasteiger partial charge in [0.05, 0.1) is 13.1 Å². The third kappa shape index (κ3) is 2.80. The van der Waals surface area contributed by atoms with Crippen LogP contribution in [0, 0.1) is 0 Å². The molecule has 122 valence electrons. The quantitative estimate of drug-likeness (QED) is 0.734. The zero-order valence-corrected chi connectivity index (χ0v) is 13.2. The number of hydrogen-bond acceptors (Lipinski definition) is 4. The second kappa shape index (κ2) is 6.27. The van der Waals surface area contributed by atoms with Crippen molar-refractivity contribution in [2.75, 3.05) is 6.54 Å². The fourth-order valence-electron chi connectivity index (χ4n) is 3.02. The zero-order chi connectivity index (χ0) is 16.4. The third-order valence-corrected chi connectivity index (χ3v) is 4.25. The van der Waals surface area contributed by atoms with Crippen LogP contribution in [0.15, 0.2) is 49.1 Å². The van der Waals surface area contributed by atoms with Gasteiger partial charge in [-0.15, -0.1) is 10.2 Å². The molecule has 0 bridgehead atoms. The van der Waals surface area contributed by atoms with Crippen LogP contribution in [-0.4, -0.2) is 41.7 Å². The molecule has 0 saturated carbocycles. The van der Waals surface area contributed by atoms with E-state index in [0.29, 0.717) is 25.2 Å². The molecule has 0 unspecified atom stereocenters.